The predicted molar refractivity (Wildman–Crippen MR) is 78.0 cm³/mol. The van der Waals surface area contributed by atoms with Gasteiger partial charge in [-0.3, -0.25) is 0 Å². The van der Waals surface area contributed by atoms with E-state index in [0.717, 1.165) is 16.2 Å². The van der Waals surface area contributed by atoms with Crippen LogP contribution in [0.5, 0.6) is 5.75 Å². The van der Waals surface area contributed by atoms with Crippen molar-refractivity contribution in [1.82, 2.24) is 0 Å². The first-order valence-electron chi connectivity index (χ1n) is 5.42. The summed E-state index contributed by atoms with van der Waals surface area (Å²) >= 11 is 13.6. The zero-order valence-electron chi connectivity index (χ0n) is 9.82. The molecule has 2 N–H and O–H groups in total. The summed E-state index contributed by atoms with van der Waals surface area (Å²) < 4.78 is 5.15. The van der Waals surface area contributed by atoms with E-state index in [1.54, 1.807) is 24.5 Å². The lowest BCUT2D eigenvalue weighted by Gasteiger charge is -2.11. The second kappa shape index (κ2) is 5.93. The number of hydrogen-bond donors (Lipinski definition) is 1. The van der Waals surface area contributed by atoms with Gasteiger partial charge in [0.05, 0.1) is 7.11 Å². The molecular formula is C13H13Cl2NOS. The summed E-state index contributed by atoms with van der Waals surface area (Å²) in [6, 6.07) is 7.34. The van der Waals surface area contributed by atoms with Gasteiger partial charge in [0.2, 0.25) is 0 Å². The Kier molecular flexibility index (Phi) is 4.51. The first-order valence-corrected chi connectivity index (χ1v) is 7.05. The van der Waals surface area contributed by atoms with Gasteiger partial charge in [0.15, 0.2) is 0 Å². The second-order valence-electron chi connectivity index (χ2n) is 3.94. The van der Waals surface area contributed by atoms with Gasteiger partial charge in [0.1, 0.15) is 5.75 Å². The number of nitrogens with two attached hydrogens (primary N) is 1. The molecular weight excluding hydrogens is 289 g/mol. The molecule has 1 aromatic heterocycles. The van der Waals surface area contributed by atoms with Gasteiger partial charge < -0.3 is 10.5 Å². The van der Waals surface area contributed by atoms with Gasteiger partial charge in [0, 0.05) is 26.3 Å². The van der Waals surface area contributed by atoms with Crippen LogP contribution in [0.25, 0.3) is 0 Å². The largest absolute Gasteiger partial charge is 0.496 e. The lowest BCUT2D eigenvalue weighted by molar-refractivity contribution is 0.416. The molecule has 0 amide bonds. The fraction of sp³-hybridized carbons (Fsp3) is 0.231. The first-order chi connectivity index (χ1) is 8.60. The van der Waals surface area contributed by atoms with Crippen LogP contribution in [0.1, 0.15) is 16.5 Å². The summed E-state index contributed by atoms with van der Waals surface area (Å²) in [5.74, 6) is 0.840. The SMILES string of the molecule is COc1csc(C(N)Cc2ccc(Cl)cc2Cl)c1. The highest BCUT2D eigenvalue weighted by atomic mass is 35.5. The van der Waals surface area contributed by atoms with Crippen molar-refractivity contribution in [3.05, 3.63) is 50.1 Å². The van der Waals surface area contributed by atoms with Gasteiger partial charge in [-0.05, 0) is 30.2 Å². The highest BCUT2D eigenvalue weighted by Gasteiger charge is 2.12. The molecule has 0 bridgehead atoms. The maximum Gasteiger partial charge on any atom is 0.129 e. The molecule has 0 fully saturated rings. The Bertz CT molecular complexity index is 542. The topological polar surface area (TPSA) is 35.2 Å². The van der Waals surface area contributed by atoms with Crippen molar-refractivity contribution < 1.29 is 4.74 Å². The summed E-state index contributed by atoms with van der Waals surface area (Å²) in [5, 5.41) is 3.23. The number of methoxy groups -OCH3 is 1. The van der Waals surface area contributed by atoms with Crippen molar-refractivity contribution in [2.75, 3.05) is 7.11 Å². The van der Waals surface area contributed by atoms with E-state index in [0.29, 0.717) is 16.5 Å². The van der Waals surface area contributed by atoms with Gasteiger partial charge >= 0.3 is 0 Å². The molecule has 0 radical (unpaired) electrons. The van der Waals surface area contributed by atoms with Crippen LogP contribution < -0.4 is 10.5 Å². The Balaban J connectivity index is 2.13. The number of halogens is 2. The molecule has 0 spiro atoms. The summed E-state index contributed by atoms with van der Waals surface area (Å²) in [4.78, 5) is 1.08. The highest BCUT2D eigenvalue weighted by Crippen LogP contribution is 2.30. The zero-order valence-corrected chi connectivity index (χ0v) is 12.1. The minimum atomic E-state index is -0.0856. The van der Waals surface area contributed by atoms with E-state index >= 15 is 0 Å². The average Bonchev–Trinajstić information content (AvgIpc) is 2.81. The van der Waals surface area contributed by atoms with E-state index in [-0.39, 0.29) is 6.04 Å². The number of ether oxygens (including phenoxy) is 1. The van der Waals surface area contributed by atoms with Gasteiger partial charge in [-0.2, -0.15) is 0 Å². The third-order valence-corrected chi connectivity index (χ3v) is 4.28. The molecule has 0 saturated heterocycles. The van der Waals surface area contributed by atoms with Crippen LogP contribution in [0.3, 0.4) is 0 Å². The molecule has 1 aromatic carbocycles. The minimum absolute atomic E-state index is 0.0856. The standard InChI is InChI=1S/C13H13Cl2NOS/c1-17-10-6-13(18-7-10)12(16)4-8-2-3-9(14)5-11(8)15/h2-3,5-7,12H,4,16H2,1H3. The molecule has 2 rings (SSSR count). The molecule has 18 heavy (non-hydrogen) atoms. The third-order valence-electron chi connectivity index (χ3n) is 2.65. The maximum absolute atomic E-state index is 6.17. The third kappa shape index (κ3) is 3.18. The summed E-state index contributed by atoms with van der Waals surface area (Å²) in [6.07, 6.45) is 0.680. The second-order valence-corrected chi connectivity index (χ2v) is 5.72. The first kappa shape index (κ1) is 13.7. The molecule has 1 heterocycles. The normalized spacial score (nSPS) is 12.4. The summed E-state index contributed by atoms with van der Waals surface area (Å²) in [5.41, 5.74) is 7.17. The van der Waals surface area contributed by atoms with E-state index in [4.69, 9.17) is 33.7 Å². The molecule has 1 atom stereocenters. The van der Waals surface area contributed by atoms with E-state index in [1.807, 2.05) is 23.6 Å². The summed E-state index contributed by atoms with van der Waals surface area (Å²) in [7, 11) is 1.65. The van der Waals surface area contributed by atoms with Crippen molar-refractivity contribution >= 4 is 34.5 Å². The molecule has 1 unspecified atom stereocenters. The van der Waals surface area contributed by atoms with E-state index in [1.165, 1.54) is 0 Å². The number of benzene rings is 1. The molecule has 2 aromatic rings. The Morgan fingerprint density at radius 3 is 2.72 bits per heavy atom. The van der Waals surface area contributed by atoms with Gasteiger partial charge in [-0.25, -0.2) is 0 Å². The Morgan fingerprint density at radius 1 is 1.33 bits per heavy atom. The fourth-order valence-corrected chi connectivity index (χ4v) is 3.01. The molecule has 0 aliphatic heterocycles. The van der Waals surface area contributed by atoms with E-state index in [2.05, 4.69) is 0 Å². The average molecular weight is 302 g/mol. The van der Waals surface area contributed by atoms with Crippen molar-refractivity contribution in [1.29, 1.82) is 0 Å². The van der Waals surface area contributed by atoms with Crippen molar-refractivity contribution in [2.45, 2.75) is 12.5 Å². The maximum atomic E-state index is 6.17. The molecule has 0 aliphatic carbocycles. The number of rotatable bonds is 4. The molecule has 0 aliphatic rings. The van der Waals surface area contributed by atoms with Crippen LogP contribution in [0.4, 0.5) is 0 Å². The minimum Gasteiger partial charge on any atom is -0.496 e. The number of thiophene rings is 1. The Morgan fingerprint density at radius 2 is 2.11 bits per heavy atom. The molecule has 2 nitrogen and oxygen atoms in total. The van der Waals surface area contributed by atoms with Crippen molar-refractivity contribution in [3.63, 3.8) is 0 Å². The van der Waals surface area contributed by atoms with Crippen molar-refractivity contribution in [3.8, 4) is 5.75 Å². The quantitative estimate of drug-likeness (QED) is 0.913. The Labute approximate surface area is 120 Å². The van der Waals surface area contributed by atoms with Crippen LogP contribution in [0.15, 0.2) is 29.6 Å². The van der Waals surface area contributed by atoms with Crippen LogP contribution in [-0.2, 0) is 6.42 Å². The molecule has 5 heteroatoms. The lowest BCUT2D eigenvalue weighted by atomic mass is 10.1. The van der Waals surface area contributed by atoms with Gasteiger partial charge in [-0.15, -0.1) is 11.3 Å². The van der Waals surface area contributed by atoms with Crippen LogP contribution in [0.2, 0.25) is 10.0 Å². The fourth-order valence-electron chi connectivity index (χ4n) is 1.66. The van der Waals surface area contributed by atoms with Crippen molar-refractivity contribution in [2.24, 2.45) is 5.73 Å². The van der Waals surface area contributed by atoms with E-state index < -0.39 is 0 Å². The van der Waals surface area contributed by atoms with Crippen LogP contribution in [0, 0.1) is 0 Å². The smallest absolute Gasteiger partial charge is 0.129 e. The highest BCUT2D eigenvalue weighted by molar-refractivity contribution is 7.10. The number of hydrogen-bond acceptors (Lipinski definition) is 3. The molecule has 0 saturated carbocycles. The zero-order chi connectivity index (χ0) is 13.1. The van der Waals surface area contributed by atoms with E-state index in [9.17, 15) is 0 Å². The predicted octanol–water partition coefficient (Wildman–Crippen LogP) is 4.31. The van der Waals surface area contributed by atoms with Crippen LogP contribution >= 0.6 is 34.5 Å². The van der Waals surface area contributed by atoms with Crippen LogP contribution in [-0.4, -0.2) is 7.11 Å². The Hall–Kier alpha value is -0.740. The monoisotopic (exact) mass is 301 g/mol. The van der Waals surface area contributed by atoms with Gasteiger partial charge in [-0.1, -0.05) is 29.3 Å². The lowest BCUT2D eigenvalue weighted by Crippen LogP contribution is -2.12. The van der Waals surface area contributed by atoms with Gasteiger partial charge in [0.25, 0.3) is 0 Å². The summed E-state index contributed by atoms with van der Waals surface area (Å²) in [6.45, 7) is 0. The molecule has 96 valence electrons.